The summed E-state index contributed by atoms with van der Waals surface area (Å²) >= 11 is 0. The number of fused-ring (bicyclic) bond motifs is 7. The first-order valence-electron chi connectivity index (χ1n) is 21.0. The number of rotatable bonds is 2. The summed E-state index contributed by atoms with van der Waals surface area (Å²) < 4.78 is 0. The van der Waals surface area contributed by atoms with Crippen LogP contribution in [0.15, 0.2) is 109 Å². The summed E-state index contributed by atoms with van der Waals surface area (Å²) in [4.78, 5) is 5.27. The first-order valence-corrected chi connectivity index (χ1v) is 21.0. The molecule has 0 atom stereocenters. The van der Waals surface area contributed by atoms with Crippen molar-refractivity contribution in [1.82, 2.24) is 0 Å². The molecule has 0 saturated carbocycles. The second-order valence-corrected chi connectivity index (χ2v) is 21.1. The Labute approximate surface area is 337 Å². The molecule has 0 radical (unpaired) electrons. The zero-order valence-electron chi connectivity index (χ0n) is 35.9. The average molecular weight is 735 g/mol. The van der Waals surface area contributed by atoms with Crippen molar-refractivity contribution in [2.45, 2.75) is 124 Å². The van der Waals surface area contributed by atoms with Gasteiger partial charge in [-0.2, -0.15) is 0 Å². The molecule has 0 fully saturated rings. The van der Waals surface area contributed by atoms with E-state index in [1.165, 1.54) is 89.5 Å². The third-order valence-electron chi connectivity index (χ3n) is 13.0. The summed E-state index contributed by atoms with van der Waals surface area (Å²) in [5.74, 6) is 0. The predicted molar refractivity (Wildman–Crippen MR) is 244 cm³/mol. The van der Waals surface area contributed by atoms with Gasteiger partial charge in [0.15, 0.2) is 0 Å². The molecule has 2 aliphatic heterocycles. The van der Waals surface area contributed by atoms with E-state index in [2.05, 4.69) is 196 Å². The van der Waals surface area contributed by atoms with E-state index in [1.54, 1.807) is 5.57 Å². The van der Waals surface area contributed by atoms with Crippen LogP contribution in [0.2, 0.25) is 0 Å². The van der Waals surface area contributed by atoms with Crippen LogP contribution in [0.4, 0.5) is 34.1 Å². The Hall–Kier alpha value is -4.76. The minimum atomic E-state index is 0.0107. The summed E-state index contributed by atoms with van der Waals surface area (Å²) in [5, 5.41) is 0. The Morgan fingerprint density at radius 1 is 0.464 bits per heavy atom. The van der Waals surface area contributed by atoms with Gasteiger partial charge in [-0.25, -0.2) is 0 Å². The molecule has 0 unspecified atom stereocenters. The number of allylic oxidation sites excluding steroid dienone is 4. The van der Waals surface area contributed by atoms with Gasteiger partial charge in [-0.05, 0) is 139 Å². The Morgan fingerprint density at radius 2 is 0.911 bits per heavy atom. The maximum Gasteiger partial charge on any atom is 0.252 e. The Morgan fingerprint density at radius 3 is 1.41 bits per heavy atom. The predicted octanol–water partition coefficient (Wildman–Crippen LogP) is 12.6. The molecular weight excluding hydrogens is 675 g/mol. The Kier molecular flexibility index (Phi) is 8.14. The van der Waals surface area contributed by atoms with Crippen LogP contribution in [0, 0.1) is 0 Å². The normalized spacial score (nSPS) is 16.1. The van der Waals surface area contributed by atoms with Gasteiger partial charge in [0.2, 0.25) is 0 Å². The maximum absolute atomic E-state index is 2.66. The third-order valence-corrected chi connectivity index (χ3v) is 13.0. The van der Waals surface area contributed by atoms with Gasteiger partial charge < -0.3 is 9.80 Å². The third kappa shape index (κ3) is 5.83. The van der Waals surface area contributed by atoms with Crippen molar-refractivity contribution in [1.29, 1.82) is 0 Å². The highest BCUT2D eigenvalue weighted by atomic mass is 15.2. The minimum Gasteiger partial charge on any atom is -0.311 e. The number of nitrogens with zero attached hydrogens (tertiary/aromatic N) is 2. The van der Waals surface area contributed by atoms with E-state index in [9.17, 15) is 0 Å². The molecule has 0 N–H and O–H groups in total. The van der Waals surface area contributed by atoms with Crippen molar-refractivity contribution in [2.75, 3.05) is 9.80 Å². The van der Waals surface area contributed by atoms with E-state index >= 15 is 0 Å². The first-order chi connectivity index (χ1) is 26.3. The molecule has 0 amide bonds. The largest absolute Gasteiger partial charge is 0.311 e. The SMILES string of the molecule is CC(C)(C)c1ccc(N2c3ccc(C(C)(C)C)cc3B3c4cc(C(C)(C)C)ccc4N(c4ccc(C(C)(C)C)cc4)c4c5c(cc2c43)C2=C(CC=CC2)C5)cc1. The van der Waals surface area contributed by atoms with E-state index in [-0.39, 0.29) is 28.4 Å². The number of benzene rings is 5. The van der Waals surface area contributed by atoms with Gasteiger partial charge >= 0.3 is 0 Å². The Bertz CT molecular complexity index is 2440. The van der Waals surface area contributed by atoms with Crippen LogP contribution >= 0.6 is 0 Å². The van der Waals surface area contributed by atoms with Crippen molar-refractivity contribution >= 4 is 62.8 Å². The van der Waals surface area contributed by atoms with E-state index in [0.29, 0.717) is 0 Å². The monoisotopic (exact) mass is 734 g/mol. The average Bonchev–Trinajstić information content (AvgIpc) is 3.51. The zero-order chi connectivity index (χ0) is 39.7. The van der Waals surface area contributed by atoms with E-state index in [4.69, 9.17) is 0 Å². The van der Waals surface area contributed by atoms with E-state index in [0.717, 1.165) is 19.3 Å². The highest BCUT2D eigenvalue weighted by Crippen LogP contribution is 2.52. The lowest BCUT2D eigenvalue weighted by atomic mass is 9.33. The van der Waals surface area contributed by atoms with Gasteiger partial charge in [0, 0.05) is 34.1 Å². The standard InChI is InChI=1S/C53H59BN2/c1-50(2,3)34-17-23-38(24-18-34)55-45-27-21-36(52(7,8)9)30-43(45)54-44-31-37(53(10,11)12)22-28-46(44)56(39-25-19-35(20-26-39)51(4,5)6)49-42-29-33-15-13-14-16-40(33)41(42)32-47(55)48(49)54/h13-14,17-28,30-32H,15-16,29H2,1-12H3. The molecule has 4 aliphatic rings. The molecule has 56 heavy (non-hydrogen) atoms. The van der Waals surface area contributed by atoms with Gasteiger partial charge in [0.05, 0.1) is 0 Å². The molecule has 5 aromatic carbocycles. The quantitative estimate of drug-likeness (QED) is 0.129. The smallest absolute Gasteiger partial charge is 0.252 e. The van der Waals surface area contributed by atoms with Crippen molar-refractivity contribution in [2.24, 2.45) is 0 Å². The second kappa shape index (κ2) is 12.4. The first kappa shape index (κ1) is 36.9. The summed E-state index contributed by atoms with van der Waals surface area (Å²) in [6.45, 7) is 28.1. The van der Waals surface area contributed by atoms with Crippen molar-refractivity contribution in [3.05, 3.63) is 142 Å². The summed E-state index contributed by atoms with van der Waals surface area (Å²) in [7, 11) is 0. The van der Waals surface area contributed by atoms with E-state index in [1.807, 2.05) is 0 Å². The van der Waals surface area contributed by atoms with Gasteiger partial charge in [-0.3, -0.25) is 0 Å². The van der Waals surface area contributed by atoms with Crippen LogP contribution in [0.1, 0.15) is 129 Å². The topological polar surface area (TPSA) is 6.48 Å². The molecule has 2 nitrogen and oxygen atoms in total. The summed E-state index contributed by atoms with van der Waals surface area (Å²) in [6, 6.07) is 36.3. The molecule has 3 heteroatoms. The lowest BCUT2D eigenvalue weighted by molar-refractivity contribution is 0.590. The van der Waals surface area contributed by atoms with Crippen molar-refractivity contribution in [3.8, 4) is 0 Å². The van der Waals surface area contributed by atoms with Crippen LogP contribution in [0.25, 0.3) is 5.57 Å². The fraction of sp³-hybridized carbons (Fsp3) is 0.358. The van der Waals surface area contributed by atoms with Crippen molar-refractivity contribution < 1.29 is 0 Å². The number of hydrogen-bond donors (Lipinski definition) is 0. The molecule has 284 valence electrons. The minimum absolute atomic E-state index is 0.0107. The molecular formula is C53H59BN2. The fourth-order valence-electron chi connectivity index (χ4n) is 9.68. The van der Waals surface area contributed by atoms with Crippen LogP contribution in [0.5, 0.6) is 0 Å². The fourth-order valence-corrected chi connectivity index (χ4v) is 9.68. The maximum atomic E-state index is 2.66. The van der Waals surface area contributed by atoms with Gasteiger partial charge in [-0.15, -0.1) is 0 Å². The molecule has 0 aromatic heterocycles. The molecule has 2 heterocycles. The van der Waals surface area contributed by atoms with Crippen LogP contribution < -0.4 is 26.2 Å². The van der Waals surface area contributed by atoms with Crippen LogP contribution in [-0.4, -0.2) is 6.71 Å². The van der Waals surface area contributed by atoms with E-state index < -0.39 is 0 Å². The van der Waals surface area contributed by atoms with Crippen molar-refractivity contribution in [3.63, 3.8) is 0 Å². The summed E-state index contributed by atoms with van der Waals surface area (Å²) in [5.41, 5.74) is 23.7. The lowest BCUT2D eigenvalue weighted by Crippen LogP contribution is -2.62. The summed E-state index contributed by atoms with van der Waals surface area (Å²) in [6.07, 6.45) is 7.82. The Balaban J connectivity index is 1.41. The van der Waals surface area contributed by atoms with Gasteiger partial charge in [0.25, 0.3) is 6.71 Å². The molecule has 0 bridgehead atoms. The zero-order valence-corrected chi connectivity index (χ0v) is 35.9. The second-order valence-electron chi connectivity index (χ2n) is 21.1. The highest BCUT2D eigenvalue weighted by molar-refractivity contribution is 7.00. The lowest BCUT2D eigenvalue weighted by Gasteiger charge is -2.46. The molecule has 5 aromatic rings. The highest BCUT2D eigenvalue weighted by Gasteiger charge is 2.46. The molecule has 2 aliphatic carbocycles. The molecule has 9 rings (SSSR count). The van der Waals surface area contributed by atoms with Gasteiger partial charge in [0.1, 0.15) is 0 Å². The van der Waals surface area contributed by atoms with Crippen LogP contribution in [0.3, 0.4) is 0 Å². The van der Waals surface area contributed by atoms with Crippen LogP contribution in [-0.2, 0) is 28.1 Å². The number of hydrogen-bond acceptors (Lipinski definition) is 2. The molecule has 0 saturated heterocycles. The van der Waals surface area contributed by atoms with Gasteiger partial charge in [-0.1, -0.05) is 149 Å². The number of anilines is 6. The molecule has 0 spiro atoms.